The van der Waals surface area contributed by atoms with Crippen molar-refractivity contribution in [2.24, 2.45) is 0 Å². The first-order valence-electron chi connectivity index (χ1n) is 34.9. The Bertz CT molecular complexity index is 5040. The molecule has 6 amide bonds. The van der Waals surface area contributed by atoms with E-state index in [1.54, 1.807) is 97.1 Å². The quantitative estimate of drug-likeness (QED) is 0.0142. The minimum Gasteiger partial charge on any atom is -0.457 e. The van der Waals surface area contributed by atoms with Gasteiger partial charge in [0.1, 0.15) is 70.6 Å². The molecule has 9 aromatic carbocycles. The molecule has 564 valence electrons. The Hall–Kier alpha value is -12.7. The number of anilines is 2. The van der Waals surface area contributed by atoms with Crippen LogP contribution in [0.15, 0.2) is 179 Å². The number of benzene rings is 9. The van der Waals surface area contributed by atoms with Crippen LogP contribution >= 0.6 is 0 Å². The Morgan fingerprint density at radius 3 is 0.855 bits per heavy atom. The number of carbonyl (C=O) groups excluding carboxylic acids is 8. The maximum absolute atomic E-state index is 16.1. The molecule has 0 radical (unpaired) electrons. The number of nitrogens with one attached hydrogen (secondary N) is 2. The molecule has 0 spiro atoms. The van der Waals surface area contributed by atoms with Gasteiger partial charge < -0.3 is 47.9 Å². The van der Waals surface area contributed by atoms with Gasteiger partial charge in [0.2, 0.25) is 0 Å². The fourth-order valence-corrected chi connectivity index (χ4v) is 13.3. The molecule has 0 aliphatic carbocycles. The molecule has 4 heterocycles. The van der Waals surface area contributed by atoms with Gasteiger partial charge in [-0.1, -0.05) is 117 Å². The summed E-state index contributed by atoms with van der Waals surface area (Å²) in [7, 11) is 0. The second kappa shape index (κ2) is 29.1. The number of alkyl halides is 6. The van der Waals surface area contributed by atoms with Gasteiger partial charge in [0, 0.05) is 66.4 Å². The van der Waals surface area contributed by atoms with Crippen molar-refractivity contribution in [1.82, 2.24) is 9.80 Å². The monoisotopic (exact) mass is 1500 g/mol. The van der Waals surface area contributed by atoms with E-state index in [0.29, 0.717) is 0 Å². The van der Waals surface area contributed by atoms with Crippen molar-refractivity contribution in [2.75, 3.05) is 10.6 Å². The highest BCUT2D eigenvalue weighted by atomic mass is 19.4. The molecule has 2 N–H and O–H groups in total. The lowest BCUT2D eigenvalue weighted by Crippen LogP contribution is -2.53. The van der Waals surface area contributed by atoms with E-state index in [2.05, 4.69) is 23.8 Å². The van der Waals surface area contributed by atoms with Crippen LogP contribution in [0.25, 0.3) is 43.1 Å². The number of hydrogen-bond acceptors (Lipinski definition) is 16. The van der Waals surface area contributed by atoms with E-state index >= 15 is 45.5 Å². The Balaban J connectivity index is 1.16. The molecule has 0 saturated heterocycles. The van der Waals surface area contributed by atoms with Crippen molar-refractivity contribution >= 4 is 102 Å². The fourth-order valence-electron chi connectivity index (χ4n) is 13.3. The lowest BCUT2D eigenvalue weighted by Gasteiger charge is -2.35. The number of fused-ring (bicyclic) bond motifs is 2. The van der Waals surface area contributed by atoms with Gasteiger partial charge in [0.25, 0.3) is 47.3 Å². The van der Waals surface area contributed by atoms with Gasteiger partial charge in [-0.25, -0.2) is 9.59 Å². The molecule has 0 fully saturated rings. The lowest BCUT2D eigenvalue weighted by atomic mass is 9.80. The van der Waals surface area contributed by atoms with Crippen molar-refractivity contribution in [3.8, 4) is 57.9 Å². The summed E-state index contributed by atoms with van der Waals surface area (Å²) in [6.45, 7) is 25.5. The molecule has 0 bridgehead atoms. The zero-order chi connectivity index (χ0) is 79.0. The molecule has 2 aliphatic heterocycles. The number of esters is 2. The molecule has 0 saturated carbocycles. The van der Waals surface area contributed by atoms with Gasteiger partial charge in [-0.15, -0.1) is 0 Å². The van der Waals surface area contributed by atoms with Crippen LogP contribution in [0.2, 0.25) is 0 Å². The predicted octanol–water partition coefficient (Wildman–Crippen LogP) is 20.7. The van der Waals surface area contributed by atoms with E-state index < -0.39 is 119 Å². The summed E-state index contributed by atoms with van der Waals surface area (Å²) >= 11 is 0. The third-order valence-corrected chi connectivity index (χ3v) is 18.9. The number of furan rings is 2. The van der Waals surface area contributed by atoms with Crippen LogP contribution in [0.4, 0.5) is 37.7 Å². The van der Waals surface area contributed by atoms with Crippen LogP contribution in [0.3, 0.4) is 0 Å². The minimum atomic E-state index is -5.32. The third kappa shape index (κ3) is 14.8. The topological polar surface area (TPSA) is 249 Å². The smallest absolute Gasteiger partial charge is 0.391 e. The lowest BCUT2D eigenvalue weighted by molar-refractivity contribution is -0.161. The van der Waals surface area contributed by atoms with Crippen molar-refractivity contribution in [2.45, 2.75) is 130 Å². The Morgan fingerprint density at radius 1 is 0.391 bits per heavy atom. The van der Waals surface area contributed by atoms with E-state index in [0.717, 1.165) is 71.2 Å². The summed E-state index contributed by atoms with van der Waals surface area (Å²) in [6, 6.07) is 27.6. The van der Waals surface area contributed by atoms with E-state index in [4.69, 9.17) is 37.3 Å². The van der Waals surface area contributed by atoms with Crippen LogP contribution < -0.4 is 39.1 Å². The highest BCUT2D eigenvalue weighted by Gasteiger charge is 2.51. The fraction of sp³-hybridized carbons (Fsp3) is 0.238. The molecule has 11 aromatic rings. The summed E-state index contributed by atoms with van der Waals surface area (Å²) in [5.41, 5.74) is 1.08. The van der Waals surface area contributed by atoms with Crippen molar-refractivity contribution < 1.29 is 102 Å². The summed E-state index contributed by atoms with van der Waals surface area (Å²) in [4.78, 5) is 119. The molecule has 26 heteroatoms. The van der Waals surface area contributed by atoms with Crippen LogP contribution in [0.5, 0.6) is 57.9 Å². The molecule has 110 heavy (non-hydrogen) atoms. The molecule has 2 unspecified atom stereocenters. The van der Waals surface area contributed by atoms with Crippen molar-refractivity contribution in [3.05, 3.63) is 215 Å². The number of amides is 6. The first-order valence-corrected chi connectivity index (χ1v) is 34.9. The third-order valence-electron chi connectivity index (χ3n) is 18.9. The van der Waals surface area contributed by atoms with E-state index in [1.165, 1.54) is 13.8 Å². The number of halogens is 6. The molecule has 20 nitrogen and oxygen atoms in total. The Kier molecular flexibility index (Phi) is 20.0. The first-order chi connectivity index (χ1) is 52.0. The molecule has 2 aromatic heterocycles. The first kappa shape index (κ1) is 75.5. The number of imide groups is 2. The molecule has 13 rings (SSSR count). The van der Waals surface area contributed by atoms with Crippen molar-refractivity contribution in [3.63, 3.8) is 0 Å². The standard InChI is InChI=1S/C84H70F6N4O16/c1-39(2)45-13-21-51(22-14-45)105-61-31-55-67-56(78(98)93(77(55)97)59(35-83(85,86)87)81(101)109-65-29-49(37-103-65)91-75(95)43(9)10)33-63(107-53-25-17-47(18-26-53)41(5)6)71-72-64(108-54-27-19-48(20-28-54)42(7)8)34-58-68-57(32-62(70(74(68)72)69(61)73(67)71)106-52-23-15-46(16-24-52)40(3)4)79(99)94(80(58)100)60(36-84(88,89)90)82(102)110-66-30-50(38-104-66)92-76(96)44(11)12/h13-34,37-42,59-60H,9,11,35-36H2,1-8,10,12H3,(H,91,95)(H,92,96). The van der Waals surface area contributed by atoms with E-state index in [1.807, 2.05) is 55.4 Å². The highest BCUT2D eigenvalue weighted by Crippen LogP contribution is 2.59. The minimum absolute atomic E-state index is 0.0247. The van der Waals surface area contributed by atoms with Gasteiger partial charge in [0.15, 0.2) is 0 Å². The largest absolute Gasteiger partial charge is 0.457 e. The van der Waals surface area contributed by atoms with E-state index in [9.17, 15) is 19.2 Å². The van der Waals surface area contributed by atoms with Crippen LogP contribution in [0.1, 0.15) is 169 Å². The van der Waals surface area contributed by atoms with Gasteiger partial charge in [-0.2, -0.15) is 26.3 Å². The van der Waals surface area contributed by atoms with Crippen LogP contribution in [-0.2, 0) is 19.2 Å². The van der Waals surface area contributed by atoms with Crippen molar-refractivity contribution in [1.29, 1.82) is 0 Å². The zero-order valence-electron chi connectivity index (χ0n) is 60.8. The van der Waals surface area contributed by atoms with Gasteiger partial charge >= 0.3 is 24.3 Å². The molecule has 2 atom stereocenters. The SMILES string of the molecule is C=C(C)C(=O)Nc1coc(OC(=O)C(CC(F)(F)F)N2C(=O)c3cc(Oc4ccc(C(C)C)cc4)c4c5c(Oc6ccc(C(C)C)cc6)cc6c7c(cc(Oc8ccc(C(C)C)cc8)c(c8c(Oc9ccc(C(C)C)cc9)cc(c3c48)C2=O)c75)C(=O)N(C(CC(F)(F)F)C(=O)Oc2cc(NC(=O)C(=C)C)co2)C6=O)c1. The molecule has 2 aliphatic rings. The maximum Gasteiger partial charge on any atom is 0.391 e. The van der Waals surface area contributed by atoms with E-state index in [-0.39, 0.29) is 145 Å². The summed E-state index contributed by atoms with van der Waals surface area (Å²) in [5.74, 6) is -13.5. The predicted molar refractivity (Wildman–Crippen MR) is 396 cm³/mol. The second-order valence-electron chi connectivity index (χ2n) is 28.2. The highest BCUT2D eigenvalue weighted by molar-refractivity contribution is 6.45. The average molecular weight is 1510 g/mol. The molecular weight excluding hydrogens is 1430 g/mol. The number of nitrogens with zero attached hydrogens (tertiary/aromatic N) is 2. The number of hydrogen-bond donors (Lipinski definition) is 2. The van der Waals surface area contributed by atoms with Crippen LogP contribution in [0, 0.1) is 0 Å². The van der Waals surface area contributed by atoms with Gasteiger partial charge in [-0.3, -0.25) is 38.6 Å². The zero-order valence-corrected chi connectivity index (χ0v) is 60.8. The second-order valence-corrected chi connectivity index (χ2v) is 28.2. The summed E-state index contributed by atoms with van der Waals surface area (Å²) < 4.78 is 142. The number of carbonyl (C=O) groups is 8. The maximum atomic E-state index is 16.1. The van der Waals surface area contributed by atoms with Gasteiger partial charge in [-0.05, 0) is 133 Å². The summed E-state index contributed by atoms with van der Waals surface area (Å²) in [6.07, 6.45) is -13.1. The summed E-state index contributed by atoms with van der Waals surface area (Å²) in [5, 5.41) is 3.64. The molecular formula is C84H70F6N4O16. The number of rotatable bonds is 24. The van der Waals surface area contributed by atoms with Crippen LogP contribution in [-0.4, -0.2) is 81.6 Å². The average Bonchev–Trinajstić information content (AvgIpc) is 0.818. The van der Waals surface area contributed by atoms with Gasteiger partial charge in [0.05, 0.1) is 46.5 Å². The number of ether oxygens (including phenoxy) is 6. The normalized spacial score (nSPS) is 13.7. The Labute approximate surface area is 624 Å². The Morgan fingerprint density at radius 2 is 0.636 bits per heavy atom.